The first-order valence-corrected chi connectivity index (χ1v) is 13.8. The standard InChI is InChI=1S/C28H40ClN5O3/c1-6-33(7-2)27(37)22-15-18(16-24(35)30-12-8-13-32(4)5)26(36)34-14-11-20-21-17-19(29)9-10-23(21)31-25(20)28(22,34)3/h9-10,17-18,22,31H,6-8,11-16H2,1-5H3,(H,30,35)/t18-,22-,28+/m1/s1. The fourth-order valence-corrected chi connectivity index (χ4v) is 6.40. The van der Waals surface area contributed by atoms with Crippen molar-refractivity contribution in [2.24, 2.45) is 11.8 Å². The third-order valence-corrected chi connectivity index (χ3v) is 8.48. The number of nitrogens with zero attached hydrogens (tertiary/aromatic N) is 3. The molecule has 0 unspecified atom stereocenters. The first-order chi connectivity index (χ1) is 17.6. The Bertz CT molecular complexity index is 1170. The summed E-state index contributed by atoms with van der Waals surface area (Å²) in [4.78, 5) is 50.0. The lowest BCUT2D eigenvalue weighted by Gasteiger charge is -2.54. The molecule has 3 atom stereocenters. The number of H-pyrrole nitrogens is 1. The van der Waals surface area contributed by atoms with Crippen LogP contribution in [0.1, 0.15) is 51.3 Å². The average Bonchev–Trinajstić information content (AvgIpc) is 3.23. The molecule has 8 nitrogen and oxygen atoms in total. The Hall–Kier alpha value is -2.58. The van der Waals surface area contributed by atoms with Crippen LogP contribution in [0.3, 0.4) is 0 Å². The van der Waals surface area contributed by atoms with Crippen LogP contribution in [0.4, 0.5) is 0 Å². The van der Waals surface area contributed by atoms with Gasteiger partial charge in [0, 0.05) is 60.1 Å². The van der Waals surface area contributed by atoms with Gasteiger partial charge >= 0.3 is 0 Å². The molecule has 9 heteroatoms. The van der Waals surface area contributed by atoms with Crippen molar-refractivity contribution in [3.05, 3.63) is 34.5 Å². The second kappa shape index (κ2) is 11.0. The molecule has 1 aromatic carbocycles. The summed E-state index contributed by atoms with van der Waals surface area (Å²) < 4.78 is 0. The largest absolute Gasteiger partial charge is 0.356 e. The zero-order chi connectivity index (χ0) is 26.9. The van der Waals surface area contributed by atoms with Gasteiger partial charge in [-0.1, -0.05) is 11.6 Å². The van der Waals surface area contributed by atoms with E-state index in [0.717, 1.165) is 35.1 Å². The topological polar surface area (TPSA) is 88.8 Å². The van der Waals surface area contributed by atoms with E-state index in [9.17, 15) is 14.4 Å². The van der Waals surface area contributed by atoms with Gasteiger partial charge in [0.05, 0.1) is 11.5 Å². The van der Waals surface area contributed by atoms with Crippen LogP contribution in [0, 0.1) is 11.8 Å². The number of nitrogens with one attached hydrogen (secondary N) is 2. The van der Waals surface area contributed by atoms with Crippen molar-refractivity contribution in [1.29, 1.82) is 0 Å². The molecule has 37 heavy (non-hydrogen) atoms. The third-order valence-electron chi connectivity index (χ3n) is 8.24. The van der Waals surface area contributed by atoms with Crippen LogP contribution < -0.4 is 5.32 Å². The summed E-state index contributed by atoms with van der Waals surface area (Å²) in [6.45, 7) is 9.13. The van der Waals surface area contributed by atoms with E-state index in [1.165, 1.54) is 0 Å². The minimum atomic E-state index is -0.825. The van der Waals surface area contributed by atoms with E-state index in [2.05, 4.69) is 15.2 Å². The van der Waals surface area contributed by atoms with Crippen molar-refractivity contribution in [1.82, 2.24) is 25.0 Å². The number of amides is 3. The van der Waals surface area contributed by atoms with Gasteiger partial charge < -0.3 is 25.0 Å². The molecule has 1 saturated heterocycles. The number of aromatic amines is 1. The molecule has 202 valence electrons. The fraction of sp³-hybridized carbons (Fsp3) is 0.607. The highest BCUT2D eigenvalue weighted by atomic mass is 35.5. The van der Waals surface area contributed by atoms with Crippen molar-refractivity contribution in [3.63, 3.8) is 0 Å². The molecule has 2 aliphatic rings. The zero-order valence-electron chi connectivity index (χ0n) is 22.7. The Morgan fingerprint density at radius 3 is 2.65 bits per heavy atom. The van der Waals surface area contributed by atoms with Gasteiger partial charge in [-0.25, -0.2) is 0 Å². The van der Waals surface area contributed by atoms with Gasteiger partial charge in [-0.15, -0.1) is 0 Å². The van der Waals surface area contributed by atoms with Crippen LogP contribution >= 0.6 is 11.6 Å². The summed E-state index contributed by atoms with van der Waals surface area (Å²) in [6, 6.07) is 5.77. The number of fused-ring (bicyclic) bond motifs is 5. The zero-order valence-corrected chi connectivity index (χ0v) is 23.5. The molecule has 1 fully saturated rings. The molecule has 4 rings (SSSR count). The Morgan fingerprint density at radius 1 is 1.24 bits per heavy atom. The van der Waals surface area contributed by atoms with E-state index in [4.69, 9.17) is 11.6 Å². The molecule has 0 aliphatic carbocycles. The van der Waals surface area contributed by atoms with Crippen molar-refractivity contribution >= 4 is 40.2 Å². The van der Waals surface area contributed by atoms with Crippen molar-refractivity contribution in [3.8, 4) is 0 Å². The maximum absolute atomic E-state index is 14.0. The summed E-state index contributed by atoms with van der Waals surface area (Å²) >= 11 is 6.32. The minimum absolute atomic E-state index is 0.0333. The van der Waals surface area contributed by atoms with Gasteiger partial charge in [-0.3, -0.25) is 14.4 Å². The normalized spacial score (nSPS) is 23.2. The van der Waals surface area contributed by atoms with Crippen LogP contribution in [0.5, 0.6) is 0 Å². The molecule has 2 aromatic rings. The molecule has 0 saturated carbocycles. The van der Waals surface area contributed by atoms with E-state index in [1.54, 1.807) is 0 Å². The monoisotopic (exact) mass is 529 g/mol. The quantitative estimate of drug-likeness (QED) is 0.487. The summed E-state index contributed by atoms with van der Waals surface area (Å²) in [5.41, 5.74) is 2.17. The lowest BCUT2D eigenvalue weighted by molar-refractivity contribution is -0.164. The number of rotatable bonds is 9. The lowest BCUT2D eigenvalue weighted by atomic mass is 9.67. The van der Waals surface area contributed by atoms with Gasteiger partial charge in [0.25, 0.3) is 0 Å². The summed E-state index contributed by atoms with van der Waals surface area (Å²) in [5, 5.41) is 4.67. The summed E-state index contributed by atoms with van der Waals surface area (Å²) in [7, 11) is 4.00. The SMILES string of the molecule is CCN(CC)C(=O)[C@H]1C[C@H](CC(=O)NCCCN(C)C)C(=O)N2CCc3c([nH]c4ccc(Cl)cc34)[C@]12C. The molecule has 3 heterocycles. The first-order valence-electron chi connectivity index (χ1n) is 13.4. The highest BCUT2D eigenvalue weighted by molar-refractivity contribution is 6.31. The third kappa shape index (κ3) is 5.10. The van der Waals surface area contributed by atoms with E-state index < -0.39 is 17.4 Å². The maximum Gasteiger partial charge on any atom is 0.228 e. The molecule has 0 bridgehead atoms. The van der Waals surface area contributed by atoms with Crippen LogP contribution in [0.25, 0.3) is 10.9 Å². The second-order valence-electron chi connectivity index (χ2n) is 10.8. The number of hydrogen-bond donors (Lipinski definition) is 2. The average molecular weight is 530 g/mol. The van der Waals surface area contributed by atoms with Crippen LogP contribution in [-0.2, 0) is 26.3 Å². The molecule has 0 radical (unpaired) electrons. The summed E-state index contributed by atoms with van der Waals surface area (Å²) in [5.74, 6) is -1.12. The van der Waals surface area contributed by atoms with Crippen molar-refractivity contribution in [2.75, 3.05) is 46.8 Å². The van der Waals surface area contributed by atoms with Gasteiger partial charge in [0.2, 0.25) is 17.7 Å². The summed E-state index contributed by atoms with van der Waals surface area (Å²) in [6.07, 6.45) is 1.97. The minimum Gasteiger partial charge on any atom is -0.356 e. The van der Waals surface area contributed by atoms with E-state index >= 15 is 0 Å². The van der Waals surface area contributed by atoms with E-state index in [-0.39, 0.29) is 24.1 Å². The molecule has 0 spiro atoms. The number of piperidine rings is 1. The molecular formula is C28H40ClN5O3. The first kappa shape index (κ1) is 27.5. The van der Waals surface area contributed by atoms with Crippen molar-refractivity contribution in [2.45, 2.75) is 52.0 Å². The van der Waals surface area contributed by atoms with E-state index in [1.807, 2.05) is 62.9 Å². The number of carbonyl (C=O) groups excluding carboxylic acids is 3. The molecule has 3 amide bonds. The molecule has 2 aliphatic heterocycles. The highest BCUT2D eigenvalue weighted by Gasteiger charge is 2.57. The van der Waals surface area contributed by atoms with Crippen LogP contribution in [0.15, 0.2) is 18.2 Å². The van der Waals surface area contributed by atoms with Crippen LogP contribution in [-0.4, -0.2) is 84.2 Å². The maximum atomic E-state index is 14.0. The Balaban J connectivity index is 1.67. The Morgan fingerprint density at radius 2 is 1.97 bits per heavy atom. The smallest absolute Gasteiger partial charge is 0.228 e. The van der Waals surface area contributed by atoms with Gasteiger partial charge in [-0.2, -0.15) is 0 Å². The Labute approximate surface area is 224 Å². The predicted molar refractivity (Wildman–Crippen MR) is 146 cm³/mol. The van der Waals surface area contributed by atoms with Crippen LogP contribution in [0.2, 0.25) is 5.02 Å². The van der Waals surface area contributed by atoms with Gasteiger partial charge in [-0.05, 0) is 84.4 Å². The number of halogens is 1. The lowest BCUT2D eigenvalue weighted by Crippen LogP contribution is -2.64. The molecule has 2 N–H and O–H groups in total. The van der Waals surface area contributed by atoms with Gasteiger partial charge in [0.1, 0.15) is 0 Å². The van der Waals surface area contributed by atoms with Gasteiger partial charge in [0.15, 0.2) is 0 Å². The Kier molecular flexibility index (Phi) is 8.19. The predicted octanol–water partition coefficient (Wildman–Crippen LogP) is 3.38. The molecule has 1 aromatic heterocycles. The van der Waals surface area contributed by atoms with E-state index in [0.29, 0.717) is 44.0 Å². The highest BCUT2D eigenvalue weighted by Crippen LogP contribution is 2.50. The number of hydrogen-bond acceptors (Lipinski definition) is 4. The number of benzene rings is 1. The molecular weight excluding hydrogens is 490 g/mol. The fourth-order valence-electron chi connectivity index (χ4n) is 6.23. The number of carbonyl (C=O) groups is 3. The number of aromatic nitrogens is 1. The second-order valence-corrected chi connectivity index (χ2v) is 11.2. The van der Waals surface area contributed by atoms with Crippen molar-refractivity contribution < 1.29 is 14.4 Å².